The molecule has 0 saturated heterocycles. The van der Waals surface area contributed by atoms with Crippen LogP contribution in [0, 0.1) is 0 Å². The number of hydrogen-bond donors (Lipinski definition) is 0. The highest BCUT2D eigenvalue weighted by molar-refractivity contribution is 5.88. The lowest BCUT2D eigenvalue weighted by atomic mass is 10.2. The van der Waals surface area contributed by atoms with Crippen molar-refractivity contribution in [2.24, 2.45) is 0 Å². The van der Waals surface area contributed by atoms with Gasteiger partial charge in [-0.25, -0.2) is 4.79 Å². The Hall–Kier alpha value is -2.94. The van der Waals surface area contributed by atoms with Gasteiger partial charge in [0, 0.05) is 11.6 Å². The Labute approximate surface area is 135 Å². The highest BCUT2D eigenvalue weighted by Crippen LogP contribution is 2.05. The topological polar surface area (TPSA) is 30.2 Å². The van der Waals surface area contributed by atoms with Crippen LogP contribution in [0.4, 0.5) is 0 Å². The smallest absolute Gasteiger partial charge is 0.344 e. The predicted molar refractivity (Wildman–Crippen MR) is 87.7 cm³/mol. The number of hydrogen-bond acceptors (Lipinski definition) is 2. The van der Waals surface area contributed by atoms with E-state index < -0.39 is 0 Å². The Bertz CT molecular complexity index is 770. The van der Waals surface area contributed by atoms with E-state index in [1.807, 2.05) is 71.6 Å². The molecule has 23 heavy (non-hydrogen) atoms. The summed E-state index contributed by atoms with van der Waals surface area (Å²) in [5.41, 5.74) is 2.72. The molecule has 0 amide bonds. The molecule has 2 aromatic carbocycles. The van der Waals surface area contributed by atoms with Crippen LogP contribution in [0.2, 0.25) is 0 Å². The van der Waals surface area contributed by atoms with Crippen LogP contribution in [0.15, 0.2) is 85.2 Å². The zero-order valence-corrected chi connectivity index (χ0v) is 12.8. The van der Waals surface area contributed by atoms with Crippen molar-refractivity contribution in [3.8, 4) is 0 Å². The fourth-order valence-electron chi connectivity index (χ4n) is 2.34. The van der Waals surface area contributed by atoms with Crippen LogP contribution in [-0.4, -0.2) is 5.97 Å². The Kier molecular flexibility index (Phi) is 4.79. The van der Waals surface area contributed by atoms with Gasteiger partial charge in [0.25, 0.3) is 0 Å². The van der Waals surface area contributed by atoms with Gasteiger partial charge in [-0.1, -0.05) is 60.7 Å². The van der Waals surface area contributed by atoms with Crippen LogP contribution in [-0.2, 0) is 17.9 Å². The number of nitrogens with zero attached hydrogens (tertiary/aromatic N) is 1. The molecule has 0 radical (unpaired) electrons. The van der Waals surface area contributed by atoms with Gasteiger partial charge >= 0.3 is 5.97 Å². The van der Waals surface area contributed by atoms with Crippen molar-refractivity contribution in [2.45, 2.75) is 13.2 Å². The molecule has 3 heteroatoms. The molecular weight excluding hydrogens is 286 g/mol. The third-order valence-electron chi connectivity index (χ3n) is 3.51. The van der Waals surface area contributed by atoms with E-state index in [0.717, 1.165) is 12.1 Å². The van der Waals surface area contributed by atoms with E-state index in [2.05, 4.69) is 12.1 Å². The molecule has 1 aromatic heterocycles. The Morgan fingerprint density at radius 3 is 2.17 bits per heavy atom. The lowest BCUT2D eigenvalue weighted by Gasteiger charge is -2.04. The molecule has 0 N–H and O–H groups in total. The minimum Gasteiger partial charge on any atom is -0.457 e. The average Bonchev–Trinajstić information content (AvgIpc) is 2.62. The number of esters is 1. The number of aromatic nitrogens is 1. The van der Waals surface area contributed by atoms with Gasteiger partial charge in [-0.2, -0.15) is 4.57 Å². The monoisotopic (exact) mass is 304 g/mol. The van der Waals surface area contributed by atoms with Crippen LogP contribution in [0.1, 0.15) is 21.5 Å². The summed E-state index contributed by atoms with van der Waals surface area (Å²) in [6.07, 6.45) is 3.77. The first-order valence-electron chi connectivity index (χ1n) is 7.55. The lowest BCUT2D eigenvalue weighted by molar-refractivity contribution is -0.688. The molecule has 0 fully saturated rings. The largest absolute Gasteiger partial charge is 0.457 e. The molecule has 0 aliphatic heterocycles. The summed E-state index contributed by atoms with van der Waals surface area (Å²) in [6.45, 7) is 1.01. The number of carbonyl (C=O) groups is 1. The molecule has 3 aromatic rings. The van der Waals surface area contributed by atoms with E-state index in [1.54, 1.807) is 6.07 Å². The second-order valence-corrected chi connectivity index (χ2v) is 5.31. The SMILES string of the molecule is O=C(OCc1ccccc1)c1ccc[n+](Cc2ccccc2)c1. The van der Waals surface area contributed by atoms with Gasteiger partial charge < -0.3 is 4.74 Å². The first-order chi connectivity index (χ1) is 11.3. The maximum absolute atomic E-state index is 12.2. The molecule has 0 aliphatic carbocycles. The second kappa shape index (κ2) is 7.36. The quantitative estimate of drug-likeness (QED) is 0.534. The molecule has 0 saturated carbocycles. The summed E-state index contributed by atoms with van der Waals surface area (Å²) in [6, 6.07) is 23.4. The number of ether oxygens (including phenoxy) is 1. The Morgan fingerprint density at radius 2 is 1.48 bits per heavy atom. The van der Waals surface area contributed by atoms with Crippen LogP contribution in [0.25, 0.3) is 0 Å². The third-order valence-corrected chi connectivity index (χ3v) is 3.51. The summed E-state index contributed by atoms with van der Waals surface area (Å²) < 4.78 is 7.35. The molecule has 3 rings (SSSR count). The summed E-state index contributed by atoms with van der Waals surface area (Å²) in [7, 11) is 0. The van der Waals surface area contributed by atoms with Crippen molar-refractivity contribution >= 4 is 5.97 Å². The predicted octanol–water partition coefficient (Wildman–Crippen LogP) is 3.38. The molecule has 1 heterocycles. The van der Waals surface area contributed by atoms with Crippen molar-refractivity contribution in [2.75, 3.05) is 0 Å². The maximum Gasteiger partial charge on any atom is 0.344 e. The van der Waals surface area contributed by atoms with E-state index in [4.69, 9.17) is 4.74 Å². The number of pyridine rings is 1. The molecule has 0 atom stereocenters. The van der Waals surface area contributed by atoms with E-state index in [-0.39, 0.29) is 12.6 Å². The van der Waals surface area contributed by atoms with Crippen LogP contribution >= 0.6 is 0 Å². The van der Waals surface area contributed by atoms with Gasteiger partial charge in [0.15, 0.2) is 18.9 Å². The Morgan fingerprint density at radius 1 is 0.826 bits per heavy atom. The van der Waals surface area contributed by atoms with Gasteiger partial charge in [0.1, 0.15) is 12.2 Å². The number of carbonyl (C=O) groups excluding carboxylic acids is 1. The van der Waals surface area contributed by atoms with Crippen molar-refractivity contribution in [3.63, 3.8) is 0 Å². The number of rotatable bonds is 5. The zero-order chi connectivity index (χ0) is 15.9. The molecule has 3 nitrogen and oxygen atoms in total. The summed E-state index contributed by atoms with van der Waals surface area (Å²) in [5, 5.41) is 0. The van der Waals surface area contributed by atoms with Crippen LogP contribution < -0.4 is 4.57 Å². The second-order valence-electron chi connectivity index (χ2n) is 5.31. The average molecular weight is 304 g/mol. The first kappa shape index (κ1) is 15.0. The van der Waals surface area contributed by atoms with E-state index in [0.29, 0.717) is 5.56 Å². The van der Waals surface area contributed by atoms with Gasteiger partial charge in [-0.15, -0.1) is 0 Å². The van der Waals surface area contributed by atoms with Crippen LogP contribution in [0.3, 0.4) is 0 Å². The highest BCUT2D eigenvalue weighted by Gasteiger charge is 2.12. The summed E-state index contributed by atoms with van der Waals surface area (Å²) >= 11 is 0. The normalized spacial score (nSPS) is 10.3. The lowest BCUT2D eigenvalue weighted by Crippen LogP contribution is -2.34. The van der Waals surface area contributed by atoms with Crippen molar-refractivity contribution in [1.29, 1.82) is 0 Å². The highest BCUT2D eigenvalue weighted by atomic mass is 16.5. The van der Waals surface area contributed by atoms with E-state index in [1.165, 1.54) is 5.56 Å². The number of benzene rings is 2. The van der Waals surface area contributed by atoms with Gasteiger partial charge in [0.05, 0.1) is 0 Å². The van der Waals surface area contributed by atoms with Crippen molar-refractivity contribution < 1.29 is 14.1 Å². The summed E-state index contributed by atoms with van der Waals surface area (Å²) in [4.78, 5) is 12.2. The third kappa shape index (κ3) is 4.27. The minimum atomic E-state index is -0.309. The van der Waals surface area contributed by atoms with E-state index >= 15 is 0 Å². The van der Waals surface area contributed by atoms with E-state index in [9.17, 15) is 4.79 Å². The van der Waals surface area contributed by atoms with Gasteiger partial charge in [-0.3, -0.25) is 0 Å². The standard InChI is InChI=1S/C20H18NO2/c22-20(23-16-18-10-5-2-6-11-18)19-12-7-13-21(15-19)14-17-8-3-1-4-9-17/h1-13,15H,14,16H2/q+1. The zero-order valence-electron chi connectivity index (χ0n) is 12.8. The first-order valence-corrected chi connectivity index (χ1v) is 7.55. The molecule has 0 spiro atoms. The molecule has 0 aliphatic rings. The van der Waals surface area contributed by atoms with Crippen molar-refractivity contribution in [1.82, 2.24) is 0 Å². The van der Waals surface area contributed by atoms with Crippen molar-refractivity contribution in [3.05, 3.63) is 102 Å². The summed E-state index contributed by atoms with van der Waals surface area (Å²) in [5.74, 6) is -0.309. The fraction of sp³-hybridized carbons (Fsp3) is 0.100. The molecule has 114 valence electrons. The fourth-order valence-corrected chi connectivity index (χ4v) is 2.34. The molecule has 0 unspecified atom stereocenters. The molecular formula is C20H18NO2+. The van der Waals surface area contributed by atoms with Gasteiger partial charge in [0.2, 0.25) is 0 Å². The minimum absolute atomic E-state index is 0.285. The Balaban J connectivity index is 1.65. The van der Waals surface area contributed by atoms with Crippen LogP contribution in [0.5, 0.6) is 0 Å². The van der Waals surface area contributed by atoms with Gasteiger partial charge in [-0.05, 0) is 11.6 Å². The molecule has 0 bridgehead atoms. The maximum atomic E-state index is 12.2.